The van der Waals surface area contributed by atoms with Gasteiger partial charge in [0.15, 0.2) is 0 Å². The van der Waals surface area contributed by atoms with E-state index in [1.54, 1.807) is 0 Å². The summed E-state index contributed by atoms with van der Waals surface area (Å²) < 4.78 is 0. The van der Waals surface area contributed by atoms with E-state index in [0.717, 1.165) is 0 Å². The number of nitrogens with two attached hydrogens (primary N) is 1. The number of hydrogen-bond acceptors (Lipinski definition) is 2. The Morgan fingerprint density at radius 1 is 1.14 bits per heavy atom. The SMILES string of the molecule is NCCO.[F-].[F-].[F-]. The Balaban J connectivity index is -0.0000000150. The lowest BCUT2D eigenvalue weighted by atomic mass is 10.8. The molecule has 0 spiro atoms. The molecule has 0 atom stereocenters. The Morgan fingerprint density at radius 3 is 1.29 bits per heavy atom. The standard InChI is InChI=1S/C2H7NO.3FH/c3-1-2-4;;;/h4H,1-3H2;3*1H/p-3. The smallest absolute Gasteiger partial charge is 0.0553 e. The highest BCUT2D eigenvalue weighted by Crippen LogP contribution is 1.33. The Morgan fingerprint density at radius 2 is 1.29 bits per heavy atom. The van der Waals surface area contributed by atoms with Gasteiger partial charge in [-0.15, -0.1) is 0 Å². The fraction of sp³-hybridized carbons (Fsp3) is 1.00. The van der Waals surface area contributed by atoms with Gasteiger partial charge in [-0.3, -0.25) is 0 Å². The molecule has 0 aliphatic heterocycles. The minimum Gasteiger partial charge on any atom is -1.00 e. The Kier molecular flexibility index (Phi) is 184. The van der Waals surface area contributed by atoms with Crippen molar-refractivity contribution < 1.29 is 19.2 Å². The Labute approximate surface area is 39.4 Å². The van der Waals surface area contributed by atoms with Crippen LogP contribution in [0.25, 0.3) is 0 Å². The van der Waals surface area contributed by atoms with Crippen molar-refractivity contribution in [1.82, 2.24) is 0 Å². The third-order valence-corrected chi connectivity index (χ3v) is 0.129. The molecule has 7 heavy (non-hydrogen) atoms. The minimum absolute atomic E-state index is 0. The third-order valence-electron chi connectivity index (χ3n) is 0.129. The van der Waals surface area contributed by atoms with Gasteiger partial charge in [-0.25, -0.2) is 0 Å². The lowest BCUT2D eigenvalue weighted by Crippen LogP contribution is -3.00. The number of halogens is 3. The number of aliphatic hydroxyl groups is 1. The maximum absolute atomic E-state index is 7.75. The van der Waals surface area contributed by atoms with Crippen molar-refractivity contribution in [3.63, 3.8) is 0 Å². The van der Waals surface area contributed by atoms with Gasteiger partial charge >= 0.3 is 0 Å². The molecular weight excluding hydrogens is 111 g/mol. The highest BCUT2D eigenvalue weighted by molar-refractivity contribution is 4.17. The molecule has 0 aliphatic carbocycles. The van der Waals surface area contributed by atoms with Crippen LogP contribution < -0.4 is 19.8 Å². The van der Waals surface area contributed by atoms with Gasteiger partial charge in [0.2, 0.25) is 0 Å². The largest absolute Gasteiger partial charge is 1.00 e. The molecule has 0 rings (SSSR count). The molecule has 0 aromatic carbocycles. The molecule has 0 radical (unpaired) electrons. The van der Waals surface area contributed by atoms with Crippen LogP contribution in [0.1, 0.15) is 0 Å². The summed E-state index contributed by atoms with van der Waals surface area (Å²) in [6, 6.07) is 0. The predicted molar refractivity (Wildman–Crippen MR) is 16.1 cm³/mol. The van der Waals surface area contributed by atoms with Gasteiger partial charge in [-0.05, 0) is 0 Å². The highest BCUT2D eigenvalue weighted by atomic mass is 19.0. The van der Waals surface area contributed by atoms with E-state index in [2.05, 4.69) is 0 Å². The minimum atomic E-state index is 0. The summed E-state index contributed by atoms with van der Waals surface area (Å²) in [5.41, 5.74) is 4.78. The first-order chi connectivity index (χ1) is 1.91. The molecule has 0 saturated carbocycles. The average molecular weight is 118 g/mol. The molecule has 50 valence electrons. The third kappa shape index (κ3) is 156. The van der Waals surface area contributed by atoms with Crippen molar-refractivity contribution in [2.24, 2.45) is 5.73 Å². The van der Waals surface area contributed by atoms with Crippen LogP contribution in [0, 0.1) is 0 Å². The summed E-state index contributed by atoms with van der Waals surface area (Å²) in [7, 11) is 0. The van der Waals surface area contributed by atoms with Gasteiger partial charge in [0.1, 0.15) is 0 Å². The van der Waals surface area contributed by atoms with E-state index >= 15 is 0 Å². The first-order valence-electron chi connectivity index (χ1n) is 1.22. The van der Waals surface area contributed by atoms with E-state index in [1.807, 2.05) is 0 Å². The maximum Gasteiger partial charge on any atom is 0.0553 e. The van der Waals surface area contributed by atoms with Gasteiger partial charge in [0, 0.05) is 6.54 Å². The second-order valence-electron chi connectivity index (χ2n) is 0.512. The molecule has 5 heteroatoms. The molecule has 0 fully saturated rings. The van der Waals surface area contributed by atoms with Crippen molar-refractivity contribution in [2.45, 2.75) is 0 Å². The molecule has 0 aromatic heterocycles. The van der Waals surface area contributed by atoms with E-state index in [1.165, 1.54) is 0 Å². The molecule has 3 N–H and O–H groups in total. The summed E-state index contributed by atoms with van der Waals surface area (Å²) in [5.74, 6) is 0. The van der Waals surface area contributed by atoms with E-state index < -0.39 is 0 Å². The quantitative estimate of drug-likeness (QED) is 0.359. The topological polar surface area (TPSA) is 46.2 Å². The zero-order chi connectivity index (χ0) is 3.41. The highest BCUT2D eigenvalue weighted by Gasteiger charge is 1.56. The van der Waals surface area contributed by atoms with Gasteiger partial charge in [0.25, 0.3) is 0 Å². The van der Waals surface area contributed by atoms with Crippen LogP contribution in [-0.4, -0.2) is 18.3 Å². The van der Waals surface area contributed by atoms with Gasteiger partial charge < -0.3 is 25.0 Å². The monoisotopic (exact) mass is 118 g/mol. The molecule has 0 bridgehead atoms. The molecular formula is C2H7F3NO-3. The van der Waals surface area contributed by atoms with Crippen molar-refractivity contribution in [1.29, 1.82) is 0 Å². The molecule has 0 aromatic rings. The van der Waals surface area contributed by atoms with Crippen LogP contribution in [0.15, 0.2) is 0 Å². The van der Waals surface area contributed by atoms with Crippen LogP contribution in [0.3, 0.4) is 0 Å². The molecule has 0 unspecified atom stereocenters. The van der Waals surface area contributed by atoms with E-state index in [4.69, 9.17) is 10.8 Å². The zero-order valence-corrected chi connectivity index (χ0v) is 3.57. The van der Waals surface area contributed by atoms with Gasteiger partial charge in [-0.1, -0.05) is 0 Å². The van der Waals surface area contributed by atoms with Crippen molar-refractivity contribution >= 4 is 0 Å². The molecule has 0 aliphatic rings. The fourth-order valence-corrected chi connectivity index (χ4v) is 0. The lowest BCUT2D eigenvalue weighted by molar-refractivity contribution is -0.00100. The van der Waals surface area contributed by atoms with Crippen LogP contribution in [0.4, 0.5) is 0 Å². The summed E-state index contributed by atoms with van der Waals surface area (Å²) in [4.78, 5) is 0. The fourth-order valence-electron chi connectivity index (χ4n) is 0. The summed E-state index contributed by atoms with van der Waals surface area (Å²) in [6.45, 7) is 0.472. The van der Waals surface area contributed by atoms with E-state index in [-0.39, 0.29) is 20.7 Å². The van der Waals surface area contributed by atoms with Crippen LogP contribution in [0.2, 0.25) is 0 Å². The molecule has 2 nitrogen and oxygen atoms in total. The average Bonchev–Trinajstić information content (AvgIpc) is 1.37. The normalized spacial score (nSPS) is 4.29. The molecule has 0 saturated heterocycles. The van der Waals surface area contributed by atoms with E-state index in [0.29, 0.717) is 6.54 Å². The van der Waals surface area contributed by atoms with Crippen LogP contribution >= 0.6 is 0 Å². The first kappa shape index (κ1) is 29.8. The van der Waals surface area contributed by atoms with Crippen LogP contribution in [0.5, 0.6) is 0 Å². The second kappa shape index (κ2) is 43.3. The summed E-state index contributed by atoms with van der Waals surface area (Å²) in [5, 5.41) is 7.75. The molecule has 0 amide bonds. The lowest BCUT2D eigenvalue weighted by Gasteiger charge is -1.71. The van der Waals surface area contributed by atoms with Crippen molar-refractivity contribution in [2.75, 3.05) is 13.2 Å². The van der Waals surface area contributed by atoms with Crippen molar-refractivity contribution in [3.8, 4) is 0 Å². The van der Waals surface area contributed by atoms with E-state index in [9.17, 15) is 0 Å². The van der Waals surface area contributed by atoms with Gasteiger partial charge in [0.05, 0.1) is 6.61 Å². The van der Waals surface area contributed by atoms with Crippen LogP contribution in [-0.2, 0) is 0 Å². The second-order valence-corrected chi connectivity index (χ2v) is 0.512. The Hall–Kier alpha value is -0.290. The number of hydrogen-bond donors (Lipinski definition) is 2. The number of rotatable bonds is 1. The zero-order valence-electron chi connectivity index (χ0n) is 3.57. The molecule has 0 heterocycles. The summed E-state index contributed by atoms with van der Waals surface area (Å²) >= 11 is 0. The first-order valence-corrected chi connectivity index (χ1v) is 1.22. The van der Waals surface area contributed by atoms with Gasteiger partial charge in [-0.2, -0.15) is 0 Å². The maximum atomic E-state index is 7.75. The summed E-state index contributed by atoms with van der Waals surface area (Å²) in [6.07, 6.45) is 0. The number of aliphatic hydroxyl groups excluding tert-OH is 1. The van der Waals surface area contributed by atoms with Crippen molar-refractivity contribution in [3.05, 3.63) is 0 Å². The predicted octanol–water partition coefficient (Wildman–Crippen LogP) is -10.1. The Bertz CT molecular complexity index is 14.9.